The second-order valence-electron chi connectivity index (χ2n) is 6.77. The summed E-state index contributed by atoms with van der Waals surface area (Å²) in [7, 11) is 0. The average Bonchev–Trinajstić information content (AvgIpc) is 2.74. The second-order valence-corrected chi connectivity index (χ2v) is 7.69. The molecule has 0 radical (unpaired) electrons. The summed E-state index contributed by atoms with van der Waals surface area (Å²) >= 11 is 3.38. The lowest BCUT2D eigenvalue weighted by Gasteiger charge is -2.23. The molecule has 3 aromatic rings. The number of carbonyl (C=O) groups is 1. The number of halogens is 1. The van der Waals surface area contributed by atoms with E-state index in [4.69, 9.17) is 0 Å². The van der Waals surface area contributed by atoms with Gasteiger partial charge < -0.3 is 10.2 Å². The van der Waals surface area contributed by atoms with Gasteiger partial charge in [0.15, 0.2) is 0 Å². The number of hydrogen-bond donors (Lipinski definition) is 1. The first-order valence-electron chi connectivity index (χ1n) is 9.80. The minimum absolute atomic E-state index is 0.0611. The van der Waals surface area contributed by atoms with Crippen molar-refractivity contribution in [3.8, 4) is 0 Å². The molecule has 0 aliphatic rings. The predicted octanol–water partition coefficient (Wildman–Crippen LogP) is 3.58. The second kappa shape index (κ2) is 10.2. The van der Waals surface area contributed by atoms with Crippen LogP contribution in [0.4, 0.5) is 5.69 Å². The molecule has 0 aliphatic heterocycles. The number of anilines is 1. The Morgan fingerprint density at radius 2 is 2.00 bits per heavy atom. The van der Waals surface area contributed by atoms with Crippen molar-refractivity contribution in [1.82, 2.24) is 14.9 Å². The Morgan fingerprint density at radius 3 is 2.76 bits per heavy atom. The summed E-state index contributed by atoms with van der Waals surface area (Å²) < 4.78 is 2.32. The number of amides is 1. The van der Waals surface area contributed by atoms with Crippen LogP contribution in [-0.4, -0.2) is 35.1 Å². The van der Waals surface area contributed by atoms with E-state index < -0.39 is 0 Å². The Bertz CT molecular complexity index is 1020. The van der Waals surface area contributed by atoms with Gasteiger partial charge in [0, 0.05) is 42.8 Å². The molecule has 0 unspecified atom stereocenters. The van der Waals surface area contributed by atoms with Crippen LogP contribution >= 0.6 is 15.9 Å². The van der Waals surface area contributed by atoms with Crippen molar-refractivity contribution in [2.24, 2.45) is 0 Å². The van der Waals surface area contributed by atoms with Crippen LogP contribution in [0, 0.1) is 0 Å². The number of nitrogens with zero attached hydrogens (tertiary/aromatic N) is 3. The normalized spacial score (nSPS) is 10.8. The van der Waals surface area contributed by atoms with E-state index in [1.165, 1.54) is 16.6 Å². The number of rotatable bonds is 9. The smallest absolute Gasteiger partial charge is 0.261 e. The fraction of sp³-hybridized carbons (Fsp3) is 0.318. The van der Waals surface area contributed by atoms with E-state index in [0.717, 1.165) is 24.0 Å². The molecule has 0 saturated heterocycles. The zero-order valence-electron chi connectivity index (χ0n) is 16.5. The summed E-state index contributed by atoms with van der Waals surface area (Å²) in [5.41, 5.74) is 1.71. The highest BCUT2D eigenvalue weighted by Gasteiger charge is 2.08. The van der Waals surface area contributed by atoms with Gasteiger partial charge in [-0.15, -0.1) is 0 Å². The number of para-hydroxylation sites is 1. The molecule has 0 fully saturated rings. The third-order valence-corrected chi connectivity index (χ3v) is 5.29. The Kier molecular flexibility index (Phi) is 7.41. The topological polar surface area (TPSA) is 67.2 Å². The van der Waals surface area contributed by atoms with Crippen molar-refractivity contribution >= 4 is 38.4 Å². The highest BCUT2D eigenvalue weighted by atomic mass is 79.9. The molecule has 0 bridgehead atoms. The van der Waals surface area contributed by atoms with Gasteiger partial charge in [0.25, 0.3) is 5.56 Å². The van der Waals surface area contributed by atoms with Crippen molar-refractivity contribution in [2.75, 3.05) is 24.5 Å². The van der Waals surface area contributed by atoms with Gasteiger partial charge in [-0.2, -0.15) is 0 Å². The van der Waals surface area contributed by atoms with Crippen molar-refractivity contribution in [3.05, 3.63) is 69.7 Å². The third kappa shape index (κ3) is 5.67. The molecule has 0 atom stereocenters. The zero-order valence-corrected chi connectivity index (χ0v) is 18.1. The first-order valence-corrected chi connectivity index (χ1v) is 10.6. The van der Waals surface area contributed by atoms with Crippen molar-refractivity contribution < 1.29 is 4.79 Å². The maximum Gasteiger partial charge on any atom is 0.261 e. The van der Waals surface area contributed by atoms with Gasteiger partial charge in [0.1, 0.15) is 0 Å². The molecule has 1 amide bonds. The van der Waals surface area contributed by atoms with Crippen LogP contribution in [0.25, 0.3) is 10.9 Å². The SMILES string of the molecule is CCN(CCCNC(=O)CCn1cnc2ccc(Br)cc2c1=O)c1ccccc1. The predicted molar refractivity (Wildman–Crippen MR) is 120 cm³/mol. The molecule has 1 heterocycles. The third-order valence-electron chi connectivity index (χ3n) is 4.80. The number of fused-ring (bicyclic) bond motifs is 1. The van der Waals surface area contributed by atoms with E-state index in [9.17, 15) is 9.59 Å². The number of aromatic nitrogens is 2. The van der Waals surface area contributed by atoms with E-state index in [1.807, 2.05) is 24.3 Å². The van der Waals surface area contributed by atoms with Crippen LogP contribution in [-0.2, 0) is 11.3 Å². The summed E-state index contributed by atoms with van der Waals surface area (Å²) in [6, 6.07) is 15.7. The van der Waals surface area contributed by atoms with Crippen LogP contribution in [0.15, 0.2) is 64.1 Å². The van der Waals surface area contributed by atoms with Crippen molar-refractivity contribution in [3.63, 3.8) is 0 Å². The van der Waals surface area contributed by atoms with E-state index >= 15 is 0 Å². The highest BCUT2D eigenvalue weighted by Crippen LogP contribution is 2.15. The number of aryl methyl sites for hydroxylation is 1. The summed E-state index contributed by atoms with van der Waals surface area (Å²) in [5.74, 6) is -0.0611. The van der Waals surface area contributed by atoms with Crippen LogP contribution in [0.3, 0.4) is 0 Å². The quantitative estimate of drug-likeness (QED) is 0.499. The van der Waals surface area contributed by atoms with E-state index in [0.29, 0.717) is 24.0 Å². The number of carbonyl (C=O) groups excluding carboxylic acids is 1. The molecule has 0 saturated carbocycles. The van der Waals surface area contributed by atoms with Crippen LogP contribution < -0.4 is 15.8 Å². The number of benzene rings is 2. The lowest BCUT2D eigenvalue weighted by Crippen LogP contribution is -2.31. The highest BCUT2D eigenvalue weighted by molar-refractivity contribution is 9.10. The maximum atomic E-state index is 12.6. The van der Waals surface area contributed by atoms with Crippen LogP contribution in [0.5, 0.6) is 0 Å². The monoisotopic (exact) mass is 456 g/mol. The fourth-order valence-electron chi connectivity index (χ4n) is 3.21. The fourth-order valence-corrected chi connectivity index (χ4v) is 3.57. The average molecular weight is 457 g/mol. The first-order chi connectivity index (χ1) is 14.1. The van der Waals surface area contributed by atoms with E-state index in [-0.39, 0.29) is 17.9 Å². The minimum atomic E-state index is -0.134. The van der Waals surface area contributed by atoms with Gasteiger partial charge in [0.05, 0.1) is 17.2 Å². The van der Waals surface area contributed by atoms with Gasteiger partial charge >= 0.3 is 0 Å². The summed E-state index contributed by atoms with van der Waals surface area (Å²) in [4.78, 5) is 31.3. The molecule has 152 valence electrons. The molecule has 1 aromatic heterocycles. The molecule has 29 heavy (non-hydrogen) atoms. The molecule has 0 aliphatic carbocycles. The molecule has 0 spiro atoms. The van der Waals surface area contributed by atoms with Gasteiger partial charge in [0.2, 0.25) is 5.91 Å². The largest absolute Gasteiger partial charge is 0.372 e. The van der Waals surface area contributed by atoms with Gasteiger partial charge in [-0.25, -0.2) is 4.98 Å². The molecule has 3 rings (SSSR count). The summed E-state index contributed by atoms with van der Waals surface area (Å²) in [6.45, 7) is 4.85. The Hall–Kier alpha value is -2.67. The van der Waals surface area contributed by atoms with Crippen molar-refractivity contribution in [1.29, 1.82) is 0 Å². The van der Waals surface area contributed by atoms with Crippen LogP contribution in [0.2, 0.25) is 0 Å². The number of hydrogen-bond acceptors (Lipinski definition) is 4. The Morgan fingerprint density at radius 1 is 1.21 bits per heavy atom. The maximum absolute atomic E-state index is 12.6. The molecule has 1 N–H and O–H groups in total. The number of nitrogens with one attached hydrogen (secondary N) is 1. The first kappa shape index (κ1) is 21.0. The zero-order chi connectivity index (χ0) is 20.6. The van der Waals surface area contributed by atoms with Gasteiger partial charge in [-0.05, 0) is 43.7 Å². The minimum Gasteiger partial charge on any atom is -0.372 e. The standard InChI is InChI=1S/C22H25BrN4O2/c1-2-26(18-7-4-3-5-8-18)13-6-12-24-21(28)11-14-27-16-25-20-10-9-17(23)15-19(20)22(27)29/h3-5,7-10,15-16H,2,6,11-14H2,1H3,(H,24,28). The molecule has 6 nitrogen and oxygen atoms in total. The van der Waals surface area contributed by atoms with Gasteiger partial charge in [-0.1, -0.05) is 34.1 Å². The van der Waals surface area contributed by atoms with Crippen LogP contribution in [0.1, 0.15) is 19.8 Å². The molecular weight excluding hydrogens is 432 g/mol. The molecular formula is C22H25BrN4O2. The van der Waals surface area contributed by atoms with Crippen molar-refractivity contribution in [2.45, 2.75) is 26.3 Å². The Labute approximate surface area is 178 Å². The van der Waals surface area contributed by atoms with Gasteiger partial charge in [-0.3, -0.25) is 14.2 Å². The lowest BCUT2D eigenvalue weighted by atomic mass is 10.2. The molecule has 7 heteroatoms. The summed E-state index contributed by atoms with van der Waals surface area (Å²) in [5, 5.41) is 3.48. The molecule has 2 aromatic carbocycles. The Balaban J connectivity index is 1.46. The lowest BCUT2D eigenvalue weighted by molar-refractivity contribution is -0.121. The van der Waals surface area contributed by atoms with E-state index in [2.05, 4.69) is 50.2 Å². The summed E-state index contributed by atoms with van der Waals surface area (Å²) in [6.07, 6.45) is 2.61. The van der Waals surface area contributed by atoms with E-state index in [1.54, 1.807) is 12.1 Å².